The van der Waals surface area contributed by atoms with E-state index in [1.807, 2.05) is 30.5 Å². The van der Waals surface area contributed by atoms with Crippen molar-refractivity contribution in [2.45, 2.75) is 97.4 Å². The van der Waals surface area contributed by atoms with Crippen molar-refractivity contribution in [2.24, 2.45) is 17.9 Å². The van der Waals surface area contributed by atoms with Gasteiger partial charge in [-0.3, -0.25) is 43.9 Å². The fourth-order valence-electron chi connectivity index (χ4n) is 12.1. The Hall–Kier alpha value is -7.14. The third-order valence-corrected chi connectivity index (χ3v) is 15.7. The maximum absolute atomic E-state index is 14.0. The Morgan fingerprint density at radius 1 is 0.826 bits per heavy atom. The molecule has 1 spiro atoms. The topological polar surface area (TPSA) is 195 Å². The van der Waals surface area contributed by atoms with Gasteiger partial charge in [0.1, 0.15) is 29.1 Å². The number of aromatic nitrogens is 4. The van der Waals surface area contributed by atoms with Crippen LogP contribution in [-0.4, -0.2) is 96.9 Å². The summed E-state index contributed by atoms with van der Waals surface area (Å²) < 4.78 is 3.66. The number of pyridine rings is 3. The molecule has 17 heteroatoms. The number of nitrogens with one attached hydrogen (secondary N) is 2. The summed E-state index contributed by atoms with van der Waals surface area (Å²) in [7, 11) is 1.68. The lowest BCUT2D eigenvalue weighted by atomic mass is 9.69. The number of aliphatic hydroxyl groups excluding tert-OH is 1. The zero-order valence-corrected chi connectivity index (χ0v) is 39.4. The van der Waals surface area contributed by atoms with E-state index in [4.69, 9.17) is 4.98 Å². The largest absolute Gasteiger partial charge is 0.392 e. The van der Waals surface area contributed by atoms with Crippen LogP contribution >= 0.6 is 0 Å². The molecule has 11 rings (SSSR count). The number of fused-ring (bicyclic) bond motifs is 4. The smallest absolute Gasteiger partial charge is 0.276 e. The first-order valence-electron chi connectivity index (χ1n) is 24.0. The lowest BCUT2D eigenvalue weighted by Gasteiger charge is -2.50. The molecule has 3 fully saturated rings. The summed E-state index contributed by atoms with van der Waals surface area (Å²) in [5, 5.41) is 16.3. The zero-order chi connectivity index (χ0) is 48.1. The summed E-state index contributed by atoms with van der Waals surface area (Å²) in [6, 6.07) is 14.1. The highest BCUT2D eigenvalue weighted by Gasteiger charge is 2.46. The highest BCUT2D eigenvalue weighted by molar-refractivity contribution is 6.23. The summed E-state index contributed by atoms with van der Waals surface area (Å²) in [6.45, 7) is 9.97. The van der Waals surface area contributed by atoms with Gasteiger partial charge in [-0.25, -0.2) is 9.97 Å². The number of benzene rings is 1. The van der Waals surface area contributed by atoms with E-state index in [1.165, 1.54) is 15.8 Å². The van der Waals surface area contributed by atoms with E-state index < -0.39 is 29.7 Å². The zero-order valence-electron chi connectivity index (χ0n) is 39.4. The number of hydrogen-bond donors (Lipinski definition) is 3. The number of carbonyl (C=O) groups excluding carboxylic acids is 5. The van der Waals surface area contributed by atoms with Crippen molar-refractivity contribution < 1.29 is 29.1 Å². The Morgan fingerprint density at radius 3 is 2.33 bits per heavy atom. The Bertz CT molecular complexity index is 3060. The minimum Gasteiger partial charge on any atom is -0.392 e. The normalized spacial score (nSPS) is 21.7. The van der Waals surface area contributed by atoms with E-state index in [-0.39, 0.29) is 53.4 Å². The molecule has 5 amide bonds. The number of aryl methyl sites for hydroxylation is 1. The van der Waals surface area contributed by atoms with Gasteiger partial charge in [0, 0.05) is 87.1 Å². The number of anilines is 5. The predicted octanol–water partition coefficient (Wildman–Crippen LogP) is 5.34. The van der Waals surface area contributed by atoms with Crippen LogP contribution < -0.4 is 30.9 Å². The van der Waals surface area contributed by atoms with E-state index in [2.05, 4.69) is 50.8 Å². The Morgan fingerprint density at radius 2 is 1.59 bits per heavy atom. The van der Waals surface area contributed by atoms with Gasteiger partial charge in [0.25, 0.3) is 23.3 Å². The summed E-state index contributed by atoms with van der Waals surface area (Å²) in [5.74, 6) is -1.24. The van der Waals surface area contributed by atoms with Crippen molar-refractivity contribution in [2.75, 3.05) is 46.2 Å². The molecule has 6 aliphatic rings. The molecule has 69 heavy (non-hydrogen) atoms. The Kier molecular flexibility index (Phi) is 10.6. The highest BCUT2D eigenvalue weighted by Crippen LogP contribution is 2.46. The highest BCUT2D eigenvalue weighted by atomic mass is 16.3. The Labute approximate surface area is 399 Å². The molecule has 356 valence electrons. The van der Waals surface area contributed by atoms with E-state index in [1.54, 1.807) is 48.6 Å². The summed E-state index contributed by atoms with van der Waals surface area (Å²) in [6.07, 6.45) is 11.3. The lowest BCUT2D eigenvalue weighted by molar-refractivity contribution is -0.136. The van der Waals surface area contributed by atoms with E-state index in [0.717, 1.165) is 74.4 Å². The molecule has 1 aromatic carbocycles. The average molecular weight is 933 g/mol. The van der Waals surface area contributed by atoms with Gasteiger partial charge < -0.3 is 29.4 Å². The second-order valence-corrected chi connectivity index (χ2v) is 20.7. The first-order chi connectivity index (χ1) is 33.1. The van der Waals surface area contributed by atoms with Crippen LogP contribution in [0.3, 0.4) is 0 Å². The SMILES string of the molecule is C[C@H]1CC2(CCN(c3ccc4c(c3)C(=O)N(C3CCC(=O)NC3=O)C4=O)CC2)CCN1c1ccc(Nc2cc(-c3ccnc(N4CCn5c(cc6c5CC(C)(C)C6)C4=O)c3CO)cn(C)c2=O)nc1. The van der Waals surface area contributed by atoms with E-state index >= 15 is 0 Å². The third kappa shape index (κ3) is 7.57. The molecule has 0 saturated carbocycles. The minimum absolute atomic E-state index is 0.0773. The predicted molar refractivity (Wildman–Crippen MR) is 259 cm³/mol. The number of amides is 5. The molecule has 5 aromatic rings. The fraction of sp³-hybridized carbons (Fsp3) is 0.423. The van der Waals surface area contributed by atoms with Crippen molar-refractivity contribution in [1.82, 2.24) is 29.3 Å². The number of imide groups is 2. The van der Waals surface area contributed by atoms with Gasteiger partial charge in [-0.1, -0.05) is 13.8 Å². The summed E-state index contributed by atoms with van der Waals surface area (Å²) in [4.78, 5) is 95.3. The molecule has 1 aliphatic carbocycles. The van der Waals surface area contributed by atoms with Crippen molar-refractivity contribution >= 4 is 58.2 Å². The van der Waals surface area contributed by atoms with Crippen LogP contribution in [0.1, 0.15) is 107 Å². The fourth-order valence-corrected chi connectivity index (χ4v) is 12.1. The van der Waals surface area contributed by atoms with Crippen LogP contribution in [0.15, 0.2) is 71.9 Å². The molecule has 9 heterocycles. The van der Waals surface area contributed by atoms with Crippen molar-refractivity contribution in [3.05, 3.63) is 111 Å². The van der Waals surface area contributed by atoms with Gasteiger partial charge in [-0.15, -0.1) is 0 Å². The van der Waals surface area contributed by atoms with Gasteiger partial charge >= 0.3 is 0 Å². The van der Waals surface area contributed by atoms with Crippen LogP contribution in [0.25, 0.3) is 11.1 Å². The first kappa shape index (κ1) is 44.4. The number of nitrogens with zero attached hydrogens (tertiary/aromatic N) is 8. The van der Waals surface area contributed by atoms with Crippen LogP contribution in [0, 0.1) is 10.8 Å². The molecule has 17 nitrogen and oxygen atoms in total. The van der Waals surface area contributed by atoms with E-state index in [9.17, 15) is 33.9 Å². The van der Waals surface area contributed by atoms with Crippen LogP contribution in [0.4, 0.5) is 28.7 Å². The second-order valence-electron chi connectivity index (χ2n) is 20.7. The van der Waals surface area contributed by atoms with Crippen LogP contribution in [0.5, 0.6) is 0 Å². The maximum Gasteiger partial charge on any atom is 0.276 e. The van der Waals surface area contributed by atoms with Crippen molar-refractivity contribution in [3.8, 4) is 11.1 Å². The summed E-state index contributed by atoms with van der Waals surface area (Å²) in [5.41, 5.74) is 7.83. The van der Waals surface area contributed by atoms with Gasteiger partial charge in [0.2, 0.25) is 11.8 Å². The quantitative estimate of drug-likeness (QED) is 0.169. The standard InChI is InChI=1S/C52H56N10O7/c1-30-24-52(12-16-58(17-13-52)33-5-7-36-37(23-33)48(67)62(47(36)66)40-8-10-44(64)56-46(40)65)14-18-59(30)34-6-9-43(54-27-34)55-39-21-32(28-57(4)49(39)68)35-11-15-53-45(38(35)29-63)61-20-19-60-41(50(61)69)22-31-25-51(2,3)26-42(31)60/h5-7,9,11,15,21-23,27-28,30,40,63H,8,10,12-14,16-20,24-26,29H2,1-4H3,(H,54,55)(H,56,64,65)/t30-,40?/m0/s1. The Balaban J connectivity index is 0.738. The molecule has 1 unspecified atom stereocenters. The number of rotatable bonds is 8. The van der Waals surface area contributed by atoms with Crippen LogP contribution in [-0.2, 0) is 42.6 Å². The molecular formula is C52H56N10O7. The minimum atomic E-state index is -0.995. The number of carbonyl (C=O) groups is 5. The van der Waals surface area contributed by atoms with Crippen molar-refractivity contribution in [3.63, 3.8) is 0 Å². The van der Waals surface area contributed by atoms with Crippen molar-refractivity contribution in [1.29, 1.82) is 0 Å². The molecule has 0 bridgehead atoms. The number of piperidine rings is 3. The van der Waals surface area contributed by atoms with Gasteiger partial charge in [-0.2, -0.15) is 0 Å². The monoisotopic (exact) mass is 932 g/mol. The average Bonchev–Trinajstić information content (AvgIpc) is 3.92. The number of hydrogen-bond acceptors (Lipinski definition) is 12. The molecule has 3 N–H and O–H groups in total. The third-order valence-electron chi connectivity index (χ3n) is 15.7. The molecule has 2 atom stereocenters. The molecule has 4 aromatic heterocycles. The van der Waals surface area contributed by atoms with Gasteiger partial charge in [-0.05, 0) is 122 Å². The lowest BCUT2D eigenvalue weighted by Crippen LogP contribution is -2.54. The summed E-state index contributed by atoms with van der Waals surface area (Å²) >= 11 is 0. The van der Waals surface area contributed by atoms with E-state index in [0.29, 0.717) is 58.4 Å². The number of aliphatic hydroxyl groups is 1. The molecule has 5 aliphatic heterocycles. The first-order valence-corrected chi connectivity index (χ1v) is 24.0. The second kappa shape index (κ2) is 16.5. The molecule has 3 saturated heterocycles. The van der Waals surface area contributed by atoms with Crippen LogP contribution in [0.2, 0.25) is 0 Å². The molecule has 0 radical (unpaired) electrons. The molecular weight excluding hydrogens is 877 g/mol. The van der Waals surface area contributed by atoms with Gasteiger partial charge in [0.05, 0.1) is 29.6 Å². The maximum atomic E-state index is 14.0. The van der Waals surface area contributed by atoms with Gasteiger partial charge in [0.15, 0.2) is 0 Å².